The van der Waals surface area contributed by atoms with E-state index >= 15 is 0 Å². The van der Waals surface area contributed by atoms with Crippen molar-refractivity contribution in [2.24, 2.45) is 0 Å². The average molecular weight is 366 g/mol. The molecule has 5 nitrogen and oxygen atoms in total. The van der Waals surface area contributed by atoms with Crippen LogP contribution in [-0.2, 0) is 0 Å². The van der Waals surface area contributed by atoms with Crippen LogP contribution in [0.5, 0.6) is 0 Å². The summed E-state index contributed by atoms with van der Waals surface area (Å²) in [5.74, 6) is 2.22. The van der Waals surface area contributed by atoms with E-state index in [1.807, 2.05) is 30.0 Å². The molecule has 24 heavy (non-hydrogen) atoms. The van der Waals surface area contributed by atoms with Crippen LogP contribution in [0.1, 0.15) is 11.6 Å². The first-order chi connectivity index (χ1) is 11.7. The third-order valence-corrected chi connectivity index (χ3v) is 5.26. The van der Waals surface area contributed by atoms with Crippen molar-refractivity contribution in [3.05, 3.63) is 53.4 Å². The molecule has 1 atom stereocenters. The number of para-hydroxylation sites is 1. The van der Waals surface area contributed by atoms with Crippen LogP contribution >= 0.6 is 23.4 Å². The van der Waals surface area contributed by atoms with E-state index in [2.05, 4.69) is 15.5 Å². The Labute approximate surface area is 150 Å². The minimum atomic E-state index is -0.261. The first kappa shape index (κ1) is 17.2. The first-order valence-corrected chi connectivity index (χ1v) is 9.40. The van der Waals surface area contributed by atoms with Crippen LogP contribution in [0.4, 0.5) is 10.5 Å². The molecule has 0 saturated carbocycles. The number of urea groups is 1. The van der Waals surface area contributed by atoms with E-state index in [0.717, 1.165) is 30.2 Å². The van der Waals surface area contributed by atoms with Gasteiger partial charge in [-0.15, -0.1) is 0 Å². The minimum Gasteiger partial charge on any atom is -0.472 e. The summed E-state index contributed by atoms with van der Waals surface area (Å²) in [6, 6.07) is 8.99. The number of anilines is 1. The lowest BCUT2D eigenvalue weighted by molar-refractivity contribution is 0.208. The van der Waals surface area contributed by atoms with Crippen molar-refractivity contribution in [2.75, 3.05) is 36.5 Å². The quantitative estimate of drug-likeness (QED) is 0.845. The van der Waals surface area contributed by atoms with E-state index in [-0.39, 0.29) is 12.1 Å². The molecule has 128 valence electrons. The fraction of sp³-hybridized carbons (Fsp3) is 0.353. The molecule has 1 aromatic carbocycles. The van der Waals surface area contributed by atoms with Crippen LogP contribution in [0, 0.1) is 0 Å². The Hall–Kier alpha value is -1.63. The van der Waals surface area contributed by atoms with Gasteiger partial charge in [0.2, 0.25) is 0 Å². The number of hydrogen-bond acceptors (Lipinski definition) is 4. The lowest BCUT2D eigenvalue weighted by atomic mass is 10.1. The van der Waals surface area contributed by atoms with Gasteiger partial charge in [0.1, 0.15) is 0 Å². The van der Waals surface area contributed by atoms with E-state index in [9.17, 15) is 4.79 Å². The summed E-state index contributed by atoms with van der Waals surface area (Å²) in [4.78, 5) is 14.6. The third-order valence-electron chi connectivity index (χ3n) is 3.99. The lowest BCUT2D eigenvalue weighted by Gasteiger charge is -2.33. The number of thioether (sulfide) groups is 1. The molecule has 1 unspecified atom stereocenters. The molecule has 0 spiro atoms. The number of benzene rings is 1. The number of halogens is 1. The van der Waals surface area contributed by atoms with Gasteiger partial charge in [0, 0.05) is 36.7 Å². The van der Waals surface area contributed by atoms with Gasteiger partial charge in [0.25, 0.3) is 0 Å². The van der Waals surface area contributed by atoms with E-state index < -0.39 is 0 Å². The highest BCUT2D eigenvalue weighted by Crippen LogP contribution is 2.24. The highest BCUT2D eigenvalue weighted by atomic mass is 35.5. The maximum Gasteiger partial charge on any atom is 0.319 e. The van der Waals surface area contributed by atoms with Gasteiger partial charge in [-0.25, -0.2) is 4.79 Å². The maximum atomic E-state index is 12.2. The Kier molecular flexibility index (Phi) is 6.07. The zero-order chi connectivity index (χ0) is 16.8. The maximum absolute atomic E-state index is 12.2. The molecule has 1 aliphatic heterocycles. The van der Waals surface area contributed by atoms with Crippen molar-refractivity contribution >= 4 is 35.1 Å². The van der Waals surface area contributed by atoms with Gasteiger partial charge in [-0.05, 0) is 18.2 Å². The van der Waals surface area contributed by atoms with E-state index in [0.29, 0.717) is 17.3 Å². The monoisotopic (exact) mass is 365 g/mol. The Morgan fingerprint density at radius 1 is 1.29 bits per heavy atom. The van der Waals surface area contributed by atoms with Crippen molar-refractivity contribution in [1.29, 1.82) is 0 Å². The second kappa shape index (κ2) is 8.46. The number of carbonyl (C=O) groups excluding carboxylic acids is 1. The summed E-state index contributed by atoms with van der Waals surface area (Å²) in [6.45, 7) is 2.53. The first-order valence-electron chi connectivity index (χ1n) is 7.87. The fourth-order valence-corrected chi connectivity index (χ4v) is 3.84. The number of hydrogen-bond donors (Lipinski definition) is 2. The molecule has 1 aliphatic rings. The Morgan fingerprint density at radius 2 is 2.08 bits per heavy atom. The van der Waals surface area contributed by atoms with Crippen LogP contribution < -0.4 is 10.6 Å². The van der Waals surface area contributed by atoms with Gasteiger partial charge >= 0.3 is 6.03 Å². The number of nitrogens with zero attached hydrogens (tertiary/aromatic N) is 1. The van der Waals surface area contributed by atoms with Crippen molar-refractivity contribution in [3.63, 3.8) is 0 Å². The van der Waals surface area contributed by atoms with Gasteiger partial charge in [-0.2, -0.15) is 11.8 Å². The number of nitrogens with one attached hydrogen (secondary N) is 2. The SMILES string of the molecule is O=C(NCC(c1ccoc1)N1CCSCC1)Nc1ccccc1Cl. The molecule has 2 heterocycles. The zero-order valence-corrected chi connectivity index (χ0v) is 14.8. The molecule has 3 rings (SSSR count). The molecule has 1 fully saturated rings. The van der Waals surface area contributed by atoms with E-state index in [1.54, 1.807) is 24.7 Å². The molecular formula is C17H20ClN3O2S. The van der Waals surface area contributed by atoms with Crippen LogP contribution in [0.25, 0.3) is 0 Å². The Bertz CT molecular complexity index is 660. The normalized spacial score (nSPS) is 16.5. The van der Waals surface area contributed by atoms with Gasteiger partial charge < -0.3 is 15.1 Å². The molecule has 7 heteroatoms. The number of amides is 2. The largest absolute Gasteiger partial charge is 0.472 e. The Morgan fingerprint density at radius 3 is 2.79 bits per heavy atom. The molecule has 1 saturated heterocycles. The molecule has 0 radical (unpaired) electrons. The van der Waals surface area contributed by atoms with Gasteiger partial charge in [-0.1, -0.05) is 23.7 Å². The predicted octanol–water partition coefficient (Wildman–Crippen LogP) is 3.84. The van der Waals surface area contributed by atoms with Gasteiger partial charge in [0.15, 0.2) is 0 Å². The third kappa shape index (κ3) is 4.47. The predicted molar refractivity (Wildman–Crippen MR) is 98.8 cm³/mol. The van der Waals surface area contributed by atoms with E-state index in [1.165, 1.54) is 0 Å². The standard InChI is InChI=1S/C17H20ClN3O2S/c18-14-3-1-2-4-15(14)20-17(22)19-11-16(13-5-8-23-12-13)21-6-9-24-10-7-21/h1-5,8,12,16H,6-7,9-11H2,(H2,19,20,22). The van der Waals surface area contributed by atoms with Crippen molar-refractivity contribution in [1.82, 2.24) is 10.2 Å². The number of furan rings is 1. The summed E-state index contributed by atoms with van der Waals surface area (Å²) in [6.07, 6.45) is 3.42. The molecule has 0 bridgehead atoms. The summed E-state index contributed by atoms with van der Waals surface area (Å²) in [7, 11) is 0. The molecule has 2 aromatic rings. The van der Waals surface area contributed by atoms with E-state index in [4.69, 9.17) is 16.0 Å². The molecule has 2 N–H and O–H groups in total. The van der Waals surface area contributed by atoms with Crippen molar-refractivity contribution in [2.45, 2.75) is 6.04 Å². The minimum absolute atomic E-state index is 0.113. The lowest BCUT2D eigenvalue weighted by Crippen LogP contribution is -2.42. The highest BCUT2D eigenvalue weighted by Gasteiger charge is 2.23. The van der Waals surface area contributed by atoms with Crippen molar-refractivity contribution in [3.8, 4) is 0 Å². The molecule has 2 amide bonds. The zero-order valence-electron chi connectivity index (χ0n) is 13.2. The second-order valence-corrected chi connectivity index (χ2v) is 7.17. The Balaban J connectivity index is 1.61. The topological polar surface area (TPSA) is 57.5 Å². The molecule has 0 aliphatic carbocycles. The summed E-state index contributed by atoms with van der Waals surface area (Å²) < 4.78 is 5.23. The number of carbonyl (C=O) groups is 1. The molecular weight excluding hydrogens is 346 g/mol. The number of rotatable bonds is 5. The van der Waals surface area contributed by atoms with Gasteiger partial charge in [0.05, 0.1) is 29.3 Å². The fourth-order valence-electron chi connectivity index (χ4n) is 2.73. The summed E-state index contributed by atoms with van der Waals surface area (Å²) >= 11 is 8.03. The van der Waals surface area contributed by atoms with Crippen LogP contribution in [0.2, 0.25) is 5.02 Å². The summed E-state index contributed by atoms with van der Waals surface area (Å²) in [5, 5.41) is 6.25. The van der Waals surface area contributed by atoms with Crippen LogP contribution in [0.15, 0.2) is 47.3 Å². The summed E-state index contributed by atoms with van der Waals surface area (Å²) in [5.41, 5.74) is 1.69. The smallest absolute Gasteiger partial charge is 0.319 e. The average Bonchev–Trinajstić information content (AvgIpc) is 3.12. The highest BCUT2D eigenvalue weighted by molar-refractivity contribution is 7.99. The molecule has 1 aromatic heterocycles. The van der Waals surface area contributed by atoms with Crippen LogP contribution in [-0.4, -0.2) is 42.1 Å². The van der Waals surface area contributed by atoms with Crippen molar-refractivity contribution < 1.29 is 9.21 Å². The van der Waals surface area contributed by atoms with Crippen LogP contribution in [0.3, 0.4) is 0 Å². The second-order valence-electron chi connectivity index (χ2n) is 5.54. The van der Waals surface area contributed by atoms with Gasteiger partial charge in [-0.3, -0.25) is 4.90 Å².